The van der Waals surface area contributed by atoms with E-state index in [1.165, 1.54) is 0 Å². The maximum absolute atomic E-state index is 13.7. The lowest BCUT2D eigenvalue weighted by molar-refractivity contribution is -0.192. The van der Waals surface area contributed by atoms with Crippen LogP contribution >= 0.6 is 0 Å². The molecule has 0 spiro atoms. The first-order chi connectivity index (χ1) is 22.8. The van der Waals surface area contributed by atoms with E-state index in [0.717, 1.165) is 44.7 Å². The first-order valence-electron chi connectivity index (χ1n) is 14.8. The molecule has 2 atom stereocenters. The third kappa shape index (κ3) is 6.09. The zero-order valence-electron chi connectivity index (χ0n) is 25.2. The van der Waals surface area contributed by atoms with Gasteiger partial charge in [-0.15, -0.1) is 0 Å². The molecule has 7 rings (SSSR count). The maximum Gasteiger partial charge on any atom is 0.490 e. The monoisotopic (exact) mass is 664 g/mol. The SMILES string of the molecule is Cc1cc(-c2cc3c(cnn3[C@@H]3CCOC3)cc2Nc2cccc3c2C(=O)N(C2CCC(=O)NC2=O)C3=O)ccn1.O=C(O)C(F)(F)F. The molecule has 2 fully saturated rings. The van der Waals surface area contributed by atoms with E-state index in [-0.39, 0.29) is 30.0 Å². The second-order valence-corrected chi connectivity index (χ2v) is 11.4. The fraction of sp³-hybridized carbons (Fsp3) is 0.281. The van der Waals surface area contributed by atoms with Crippen LogP contribution in [0, 0.1) is 6.92 Å². The number of aromatic nitrogens is 3. The number of carbonyl (C=O) groups is 5. The molecule has 5 heterocycles. The smallest absolute Gasteiger partial charge is 0.475 e. The number of anilines is 2. The van der Waals surface area contributed by atoms with Gasteiger partial charge in [0.1, 0.15) is 6.04 Å². The molecular formula is C32H27F3N6O7. The number of hydrogen-bond donors (Lipinski definition) is 3. The molecule has 2 saturated heterocycles. The number of carboxylic acids is 1. The first-order valence-corrected chi connectivity index (χ1v) is 14.8. The van der Waals surface area contributed by atoms with Gasteiger partial charge in [-0.25, -0.2) is 4.79 Å². The molecule has 3 N–H and O–H groups in total. The number of nitrogens with one attached hydrogen (secondary N) is 2. The molecule has 2 aromatic carbocycles. The lowest BCUT2D eigenvalue weighted by Crippen LogP contribution is -2.54. The van der Waals surface area contributed by atoms with Crippen LogP contribution in [0.4, 0.5) is 24.5 Å². The minimum absolute atomic E-state index is 0.0598. The molecule has 248 valence electrons. The van der Waals surface area contributed by atoms with Crippen LogP contribution in [-0.4, -0.2) is 79.8 Å². The van der Waals surface area contributed by atoms with Gasteiger partial charge in [-0.1, -0.05) is 6.07 Å². The molecule has 3 aliphatic heterocycles. The van der Waals surface area contributed by atoms with Gasteiger partial charge in [-0.3, -0.25) is 39.1 Å². The van der Waals surface area contributed by atoms with E-state index in [9.17, 15) is 32.3 Å². The second kappa shape index (κ2) is 12.5. The number of carbonyl (C=O) groups excluding carboxylic acids is 4. The molecule has 4 amide bonds. The molecule has 4 aromatic rings. The van der Waals surface area contributed by atoms with Crippen LogP contribution < -0.4 is 10.6 Å². The number of carboxylic acid groups (broad SMARTS) is 1. The number of benzene rings is 2. The van der Waals surface area contributed by atoms with Gasteiger partial charge in [0.15, 0.2) is 0 Å². The highest BCUT2D eigenvalue weighted by Crippen LogP contribution is 2.39. The maximum atomic E-state index is 13.7. The standard InChI is InChI=1S/C30H26N6O5.C2HF3O2/c1-16-11-17(7-9-31-16)21-13-25-18(14-32-36(25)19-8-10-41-15-19)12-23(21)33-22-4-2-3-20-27(22)30(40)35(29(20)39)24-5-6-26(37)34-28(24)38;3-2(4,5)1(6)7/h2-4,7,9,11-14,19,24,33H,5-6,8,10,15H2,1H3,(H,34,37,38);(H,6,7)/t19-,24?;/m1./s1. The van der Waals surface area contributed by atoms with Crippen LogP contribution in [-0.2, 0) is 19.1 Å². The zero-order valence-corrected chi connectivity index (χ0v) is 25.2. The molecule has 0 saturated carbocycles. The van der Waals surface area contributed by atoms with Crippen molar-refractivity contribution in [2.75, 3.05) is 18.5 Å². The van der Waals surface area contributed by atoms with Crippen LogP contribution in [0.25, 0.3) is 22.0 Å². The van der Waals surface area contributed by atoms with Gasteiger partial charge in [-0.2, -0.15) is 18.3 Å². The summed E-state index contributed by atoms with van der Waals surface area (Å²) in [5.74, 6) is -4.94. The Morgan fingerprint density at radius 1 is 1.04 bits per heavy atom. The van der Waals surface area contributed by atoms with E-state index >= 15 is 0 Å². The number of piperidine rings is 1. The van der Waals surface area contributed by atoms with Gasteiger partial charge in [0.25, 0.3) is 11.8 Å². The van der Waals surface area contributed by atoms with Crippen molar-refractivity contribution in [3.05, 3.63) is 71.7 Å². The van der Waals surface area contributed by atoms with Crippen molar-refractivity contribution in [3.8, 4) is 11.1 Å². The van der Waals surface area contributed by atoms with E-state index in [2.05, 4.69) is 26.8 Å². The van der Waals surface area contributed by atoms with Crippen LogP contribution in [0.15, 0.2) is 54.9 Å². The van der Waals surface area contributed by atoms with Crippen molar-refractivity contribution >= 4 is 51.9 Å². The summed E-state index contributed by atoms with van der Waals surface area (Å²) in [4.78, 5) is 65.5. The molecule has 3 aliphatic rings. The Morgan fingerprint density at radius 3 is 2.48 bits per heavy atom. The molecule has 1 unspecified atom stereocenters. The molecular weight excluding hydrogens is 637 g/mol. The number of amides is 4. The molecule has 0 aliphatic carbocycles. The Balaban J connectivity index is 0.000000519. The third-order valence-corrected chi connectivity index (χ3v) is 8.17. The number of hydrogen-bond acceptors (Lipinski definition) is 9. The average molecular weight is 665 g/mol. The molecule has 0 bridgehead atoms. The van der Waals surface area contributed by atoms with E-state index in [1.807, 2.05) is 36.0 Å². The van der Waals surface area contributed by atoms with Crippen molar-refractivity contribution in [1.82, 2.24) is 25.0 Å². The number of fused-ring (bicyclic) bond motifs is 2. The minimum atomic E-state index is -5.08. The van der Waals surface area contributed by atoms with Gasteiger partial charge in [-0.05, 0) is 61.7 Å². The quantitative estimate of drug-likeness (QED) is 0.263. The van der Waals surface area contributed by atoms with E-state index in [1.54, 1.807) is 24.4 Å². The lowest BCUT2D eigenvalue weighted by atomic mass is 10.0. The van der Waals surface area contributed by atoms with Crippen molar-refractivity contribution in [1.29, 1.82) is 0 Å². The highest BCUT2D eigenvalue weighted by molar-refractivity contribution is 6.25. The first kappa shape index (κ1) is 32.3. The largest absolute Gasteiger partial charge is 0.490 e. The Labute approximate surface area is 269 Å². The number of pyridine rings is 1. The Hall–Kier alpha value is -5.64. The summed E-state index contributed by atoms with van der Waals surface area (Å²) >= 11 is 0. The molecule has 13 nitrogen and oxygen atoms in total. The van der Waals surface area contributed by atoms with Gasteiger partial charge in [0, 0.05) is 41.6 Å². The zero-order chi connectivity index (χ0) is 34.3. The predicted molar refractivity (Wildman–Crippen MR) is 162 cm³/mol. The van der Waals surface area contributed by atoms with Crippen molar-refractivity contribution in [3.63, 3.8) is 0 Å². The Bertz CT molecular complexity index is 1990. The van der Waals surface area contributed by atoms with Crippen molar-refractivity contribution in [2.45, 2.75) is 44.4 Å². The molecule has 16 heteroatoms. The summed E-state index contributed by atoms with van der Waals surface area (Å²) in [6.45, 7) is 3.23. The summed E-state index contributed by atoms with van der Waals surface area (Å²) in [5, 5.41) is 18.4. The minimum Gasteiger partial charge on any atom is -0.475 e. The third-order valence-electron chi connectivity index (χ3n) is 8.17. The molecule has 0 radical (unpaired) electrons. The number of aryl methyl sites for hydroxylation is 1. The van der Waals surface area contributed by atoms with E-state index in [4.69, 9.17) is 14.6 Å². The summed E-state index contributed by atoms with van der Waals surface area (Å²) in [7, 11) is 0. The van der Waals surface area contributed by atoms with Gasteiger partial charge in [0.2, 0.25) is 11.8 Å². The average Bonchev–Trinajstić information content (AvgIpc) is 3.76. The van der Waals surface area contributed by atoms with Gasteiger partial charge < -0.3 is 15.2 Å². The van der Waals surface area contributed by atoms with E-state index in [0.29, 0.717) is 18.9 Å². The number of aliphatic carboxylic acids is 1. The normalized spacial score (nSPS) is 19.2. The van der Waals surface area contributed by atoms with Crippen LogP contribution in [0.3, 0.4) is 0 Å². The molecule has 48 heavy (non-hydrogen) atoms. The van der Waals surface area contributed by atoms with Crippen LogP contribution in [0.1, 0.15) is 51.7 Å². The summed E-state index contributed by atoms with van der Waals surface area (Å²) < 4.78 is 39.3. The summed E-state index contributed by atoms with van der Waals surface area (Å²) in [6, 6.07) is 12.1. The number of ether oxygens (including phenoxy) is 1. The fourth-order valence-corrected chi connectivity index (χ4v) is 5.92. The molecule has 2 aromatic heterocycles. The predicted octanol–water partition coefficient (Wildman–Crippen LogP) is 4.15. The van der Waals surface area contributed by atoms with Crippen molar-refractivity contribution in [2.24, 2.45) is 0 Å². The van der Waals surface area contributed by atoms with Gasteiger partial charge in [0.05, 0.1) is 41.2 Å². The summed E-state index contributed by atoms with van der Waals surface area (Å²) in [6.07, 6.45) is -0.478. The topological polar surface area (TPSA) is 173 Å². The van der Waals surface area contributed by atoms with Crippen LogP contribution in [0.2, 0.25) is 0 Å². The fourth-order valence-electron chi connectivity index (χ4n) is 5.92. The lowest BCUT2D eigenvalue weighted by Gasteiger charge is -2.27. The number of alkyl halides is 3. The number of rotatable bonds is 5. The van der Waals surface area contributed by atoms with E-state index < -0.39 is 41.8 Å². The number of imide groups is 2. The summed E-state index contributed by atoms with van der Waals surface area (Å²) in [5.41, 5.74) is 5.19. The van der Waals surface area contributed by atoms with Crippen molar-refractivity contribution < 1.29 is 47.0 Å². The number of nitrogens with zero attached hydrogens (tertiary/aromatic N) is 4. The second-order valence-electron chi connectivity index (χ2n) is 11.4. The Kier molecular flexibility index (Phi) is 8.43. The highest BCUT2D eigenvalue weighted by Gasteiger charge is 2.45. The Morgan fingerprint density at radius 2 is 1.81 bits per heavy atom. The highest BCUT2D eigenvalue weighted by atomic mass is 19.4. The van der Waals surface area contributed by atoms with Gasteiger partial charge >= 0.3 is 12.1 Å². The number of halogens is 3. The van der Waals surface area contributed by atoms with Crippen LogP contribution in [0.5, 0.6) is 0 Å².